The molecule has 0 spiro atoms. The van der Waals surface area contributed by atoms with E-state index >= 15 is 0 Å². The van der Waals surface area contributed by atoms with Crippen molar-refractivity contribution in [3.63, 3.8) is 0 Å². The summed E-state index contributed by atoms with van der Waals surface area (Å²) >= 11 is 0. The summed E-state index contributed by atoms with van der Waals surface area (Å²) in [6.45, 7) is -0.126. The van der Waals surface area contributed by atoms with Crippen LogP contribution in [0, 0.1) is 5.82 Å². The van der Waals surface area contributed by atoms with Gasteiger partial charge < -0.3 is 4.84 Å². The van der Waals surface area contributed by atoms with E-state index in [2.05, 4.69) is 11.4 Å². The van der Waals surface area contributed by atoms with Crippen molar-refractivity contribution in [2.75, 3.05) is 0 Å². The molecule has 6 heteroatoms. The van der Waals surface area contributed by atoms with Crippen LogP contribution in [-0.2, 0) is 17.6 Å². The molecule has 1 radical (unpaired) electrons. The zero-order valence-corrected chi connectivity index (χ0v) is 10.7. The summed E-state index contributed by atoms with van der Waals surface area (Å²) in [6, 6.07) is 10.5. The van der Waals surface area contributed by atoms with Crippen molar-refractivity contribution in [1.82, 2.24) is 0 Å². The van der Waals surface area contributed by atoms with E-state index in [-0.39, 0.29) is 12.2 Å². The lowest BCUT2D eigenvalue weighted by Gasteiger charge is -2.06. The Labute approximate surface area is 118 Å². The van der Waals surface area contributed by atoms with E-state index < -0.39 is 17.6 Å². The maximum absolute atomic E-state index is 13.3. The molecule has 21 heavy (non-hydrogen) atoms. The fourth-order valence-corrected chi connectivity index (χ4v) is 1.57. The fraction of sp³-hybridized carbons (Fsp3) is 0.133. The number of benzene rings is 2. The smallest absolute Gasteiger partial charge is 0.390 e. The van der Waals surface area contributed by atoms with Gasteiger partial charge in [0.1, 0.15) is 18.6 Å². The molecule has 0 aliphatic rings. The van der Waals surface area contributed by atoms with Gasteiger partial charge >= 0.3 is 6.18 Å². The lowest BCUT2D eigenvalue weighted by Crippen LogP contribution is -2.05. The Morgan fingerprint density at radius 3 is 2.52 bits per heavy atom. The maximum atomic E-state index is 13.3. The second kappa shape index (κ2) is 6.39. The number of hydrogen-bond acceptors (Lipinski definition) is 2. The van der Waals surface area contributed by atoms with Crippen LogP contribution in [0.1, 0.15) is 16.7 Å². The highest BCUT2D eigenvalue weighted by Crippen LogP contribution is 2.29. The van der Waals surface area contributed by atoms with Gasteiger partial charge in [0.25, 0.3) is 0 Å². The van der Waals surface area contributed by atoms with Crippen molar-refractivity contribution < 1.29 is 22.4 Å². The molecule has 2 nitrogen and oxygen atoms in total. The molecule has 0 N–H and O–H groups in total. The molecule has 2 rings (SSSR count). The molecule has 0 unspecified atom stereocenters. The first kappa shape index (κ1) is 15.0. The molecular formula is C15H10F4NO. The van der Waals surface area contributed by atoms with Crippen molar-refractivity contribution in [2.45, 2.75) is 12.8 Å². The largest absolute Gasteiger partial charge is 0.416 e. The Hall–Kier alpha value is -2.37. The number of rotatable bonds is 4. The topological polar surface area (TPSA) is 21.6 Å². The summed E-state index contributed by atoms with van der Waals surface area (Å²) < 4.78 is 50.7. The van der Waals surface area contributed by atoms with E-state index in [0.717, 1.165) is 12.1 Å². The minimum atomic E-state index is -4.42. The highest BCUT2D eigenvalue weighted by Gasteiger charge is 2.30. The average molecular weight is 296 g/mol. The van der Waals surface area contributed by atoms with Gasteiger partial charge in [-0.05, 0) is 18.2 Å². The lowest BCUT2D eigenvalue weighted by molar-refractivity contribution is -0.137. The molecule has 0 amide bonds. The predicted molar refractivity (Wildman–Crippen MR) is 69.2 cm³/mol. The summed E-state index contributed by atoms with van der Waals surface area (Å²) in [7, 11) is 0. The molecule has 0 saturated heterocycles. The van der Waals surface area contributed by atoms with Crippen LogP contribution >= 0.6 is 0 Å². The quantitative estimate of drug-likeness (QED) is 0.469. The molecule has 0 aliphatic heterocycles. The summed E-state index contributed by atoms with van der Waals surface area (Å²) in [4.78, 5) is 4.82. The number of halogens is 4. The van der Waals surface area contributed by atoms with Crippen molar-refractivity contribution in [2.24, 2.45) is 5.16 Å². The van der Waals surface area contributed by atoms with E-state index in [1.165, 1.54) is 30.3 Å². The van der Waals surface area contributed by atoms with Crippen LogP contribution in [0.25, 0.3) is 0 Å². The molecule has 0 bridgehead atoms. The molecule has 0 aliphatic carbocycles. The van der Waals surface area contributed by atoms with Crippen LogP contribution in [0.2, 0.25) is 0 Å². The minimum Gasteiger partial charge on any atom is -0.390 e. The molecule has 0 heterocycles. The standard InChI is InChI=1S/C15H10F4NO/c16-14-7-2-1-5-12(14)10-21-20-9-11-4-3-6-13(8-11)15(17,18)19/h1-8H,10H2. The van der Waals surface area contributed by atoms with Gasteiger partial charge in [0.05, 0.1) is 5.56 Å². The second-order valence-electron chi connectivity index (χ2n) is 4.15. The Morgan fingerprint density at radius 2 is 1.81 bits per heavy atom. The van der Waals surface area contributed by atoms with E-state index in [0.29, 0.717) is 5.56 Å². The molecular weight excluding hydrogens is 286 g/mol. The van der Waals surface area contributed by atoms with Crippen molar-refractivity contribution >= 4 is 6.21 Å². The number of hydrogen-bond donors (Lipinski definition) is 0. The van der Waals surface area contributed by atoms with Crippen LogP contribution in [0.15, 0.2) is 53.7 Å². The van der Waals surface area contributed by atoms with Crippen molar-refractivity contribution in [3.05, 3.63) is 71.0 Å². The van der Waals surface area contributed by atoms with Crippen LogP contribution in [0.3, 0.4) is 0 Å². The highest BCUT2D eigenvalue weighted by molar-refractivity contribution is 5.79. The van der Waals surface area contributed by atoms with E-state index in [1.54, 1.807) is 6.07 Å². The summed E-state index contributed by atoms with van der Waals surface area (Å²) in [6.07, 6.45) is -2.10. The maximum Gasteiger partial charge on any atom is 0.416 e. The number of alkyl halides is 3. The Kier molecular flexibility index (Phi) is 4.57. The normalized spacial score (nSPS) is 11.8. The second-order valence-corrected chi connectivity index (χ2v) is 4.15. The molecule has 0 fully saturated rings. The first-order valence-electron chi connectivity index (χ1n) is 5.95. The van der Waals surface area contributed by atoms with Gasteiger partial charge in [-0.1, -0.05) is 35.5 Å². The fourth-order valence-electron chi connectivity index (χ4n) is 1.57. The van der Waals surface area contributed by atoms with Crippen LogP contribution < -0.4 is 0 Å². The third-order valence-electron chi connectivity index (χ3n) is 2.61. The molecule has 109 valence electrons. The molecule has 0 saturated carbocycles. The van der Waals surface area contributed by atoms with E-state index in [1.807, 2.05) is 0 Å². The summed E-state index contributed by atoms with van der Waals surface area (Å²) in [5.74, 6) is -0.438. The van der Waals surface area contributed by atoms with Gasteiger partial charge in [0, 0.05) is 11.1 Å². The zero-order valence-electron chi connectivity index (χ0n) is 10.7. The number of nitrogens with zero attached hydrogens (tertiary/aromatic N) is 1. The molecule has 2 aromatic carbocycles. The average Bonchev–Trinajstić information content (AvgIpc) is 2.45. The monoisotopic (exact) mass is 296 g/mol. The van der Waals surface area contributed by atoms with Gasteiger partial charge in [-0.15, -0.1) is 0 Å². The third kappa shape index (κ3) is 4.30. The van der Waals surface area contributed by atoms with E-state index in [4.69, 9.17) is 4.84 Å². The van der Waals surface area contributed by atoms with Crippen LogP contribution in [0.4, 0.5) is 17.6 Å². The molecule has 2 aromatic rings. The summed E-state index contributed by atoms with van der Waals surface area (Å²) in [5, 5.41) is 3.42. The Bertz CT molecular complexity index is 638. The SMILES string of the molecule is Fc1ccccc1CO/N=[C]\c1cccc(C(F)(F)F)c1. The summed E-state index contributed by atoms with van der Waals surface area (Å²) in [5.41, 5.74) is -0.373. The van der Waals surface area contributed by atoms with Gasteiger partial charge in [0.15, 0.2) is 0 Å². The molecule has 0 aromatic heterocycles. The van der Waals surface area contributed by atoms with Crippen LogP contribution in [0.5, 0.6) is 0 Å². The van der Waals surface area contributed by atoms with Gasteiger partial charge in [-0.3, -0.25) is 0 Å². The first-order chi connectivity index (χ1) is 9.97. The Morgan fingerprint density at radius 1 is 1.05 bits per heavy atom. The van der Waals surface area contributed by atoms with Crippen molar-refractivity contribution in [3.8, 4) is 0 Å². The van der Waals surface area contributed by atoms with Crippen molar-refractivity contribution in [1.29, 1.82) is 0 Å². The van der Waals surface area contributed by atoms with Crippen LogP contribution in [-0.4, -0.2) is 6.21 Å². The minimum absolute atomic E-state index is 0.123. The van der Waals surface area contributed by atoms with Gasteiger partial charge in [-0.2, -0.15) is 13.2 Å². The lowest BCUT2D eigenvalue weighted by atomic mass is 10.1. The molecule has 0 atom stereocenters. The third-order valence-corrected chi connectivity index (χ3v) is 2.61. The van der Waals surface area contributed by atoms with E-state index in [9.17, 15) is 17.6 Å². The van der Waals surface area contributed by atoms with Gasteiger partial charge in [0.2, 0.25) is 0 Å². The van der Waals surface area contributed by atoms with Gasteiger partial charge in [-0.25, -0.2) is 4.39 Å². The first-order valence-corrected chi connectivity index (χ1v) is 5.95. The predicted octanol–water partition coefficient (Wildman–Crippen LogP) is 4.27. The highest BCUT2D eigenvalue weighted by atomic mass is 19.4. The Balaban J connectivity index is 1.98. The zero-order chi connectivity index (χ0) is 15.3.